The molecule has 0 amide bonds. The van der Waals surface area contributed by atoms with E-state index in [0.717, 1.165) is 0 Å². The molecule has 1 aliphatic heterocycles. The van der Waals surface area contributed by atoms with E-state index >= 15 is 0 Å². The van der Waals surface area contributed by atoms with Gasteiger partial charge in [0.1, 0.15) is 0 Å². The maximum Gasteiger partial charge on any atom is 0.332 e. The Morgan fingerprint density at radius 3 is 2.67 bits per heavy atom. The fourth-order valence-electron chi connectivity index (χ4n) is 0.954. The highest BCUT2D eigenvalue weighted by Crippen LogP contribution is 2.18. The molecule has 1 aliphatic rings. The lowest BCUT2D eigenvalue weighted by molar-refractivity contribution is -0.147. The van der Waals surface area contributed by atoms with E-state index in [2.05, 4.69) is 0 Å². The molecular formula is C6H10O3. The summed E-state index contributed by atoms with van der Waals surface area (Å²) in [5.41, 5.74) is 0. The van der Waals surface area contributed by atoms with Crippen LogP contribution in [0.5, 0.6) is 0 Å². The van der Waals surface area contributed by atoms with Gasteiger partial charge in [-0.25, -0.2) is 4.79 Å². The number of carbonyl (C=O) groups is 1. The van der Waals surface area contributed by atoms with Gasteiger partial charge in [-0.1, -0.05) is 6.92 Å². The van der Waals surface area contributed by atoms with E-state index in [-0.39, 0.29) is 0 Å². The summed E-state index contributed by atoms with van der Waals surface area (Å²) in [4.78, 5) is 10.2. The molecule has 0 aromatic rings. The molecule has 0 radical (unpaired) electrons. The zero-order valence-corrected chi connectivity index (χ0v) is 5.33. The molecule has 0 aromatic heterocycles. The highest BCUT2D eigenvalue weighted by Gasteiger charge is 2.27. The van der Waals surface area contributed by atoms with Crippen LogP contribution in [-0.2, 0) is 9.53 Å². The number of ether oxygens (including phenoxy) is 1. The van der Waals surface area contributed by atoms with Crippen molar-refractivity contribution >= 4 is 5.97 Å². The monoisotopic (exact) mass is 130 g/mol. The van der Waals surface area contributed by atoms with E-state index in [1.54, 1.807) is 0 Å². The lowest BCUT2D eigenvalue weighted by atomic mass is 10.1. The summed E-state index contributed by atoms with van der Waals surface area (Å²) in [6, 6.07) is 0. The fourth-order valence-corrected chi connectivity index (χ4v) is 0.954. The van der Waals surface area contributed by atoms with Gasteiger partial charge in [0.05, 0.1) is 6.61 Å². The molecule has 3 heteroatoms. The van der Waals surface area contributed by atoms with Crippen molar-refractivity contribution in [3.8, 4) is 0 Å². The predicted octanol–water partition coefficient (Wildman–Crippen LogP) is 0.496. The van der Waals surface area contributed by atoms with E-state index in [9.17, 15) is 4.79 Å². The van der Waals surface area contributed by atoms with Crippen LogP contribution in [0, 0.1) is 5.92 Å². The van der Waals surface area contributed by atoms with E-state index in [1.807, 2.05) is 6.92 Å². The van der Waals surface area contributed by atoms with Crippen molar-refractivity contribution < 1.29 is 14.6 Å². The van der Waals surface area contributed by atoms with Gasteiger partial charge in [0.15, 0.2) is 6.10 Å². The van der Waals surface area contributed by atoms with Crippen LogP contribution in [-0.4, -0.2) is 23.8 Å². The van der Waals surface area contributed by atoms with Crippen LogP contribution in [0.1, 0.15) is 13.3 Å². The number of aliphatic carboxylic acids is 1. The Morgan fingerprint density at radius 1 is 1.78 bits per heavy atom. The third-order valence-corrected chi connectivity index (χ3v) is 1.47. The summed E-state index contributed by atoms with van der Waals surface area (Å²) in [6.45, 7) is 2.58. The van der Waals surface area contributed by atoms with E-state index in [0.29, 0.717) is 18.9 Å². The molecule has 1 rings (SSSR count). The van der Waals surface area contributed by atoms with E-state index in [1.165, 1.54) is 0 Å². The van der Waals surface area contributed by atoms with Crippen molar-refractivity contribution in [2.75, 3.05) is 6.61 Å². The standard InChI is InChI=1S/C6H10O3/c1-4-2-5(6(7)8)9-3-4/h4-5H,2-3H2,1H3,(H,7,8)/t4-,5-/m1/s1. The number of hydrogen-bond acceptors (Lipinski definition) is 2. The van der Waals surface area contributed by atoms with Crippen LogP contribution in [0.2, 0.25) is 0 Å². The Labute approximate surface area is 53.6 Å². The zero-order chi connectivity index (χ0) is 6.85. The second-order valence-electron chi connectivity index (χ2n) is 2.50. The Morgan fingerprint density at radius 2 is 2.44 bits per heavy atom. The Bertz CT molecular complexity index is 121. The Hall–Kier alpha value is -0.570. The molecule has 9 heavy (non-hydrogen) atoms. The molecule has 0 saturated carbocycles. The van der Waals surface area contributed by atoms with Gasteiger partial charge in [-0.3, -0.25) is 0 Å². The predicted molar refractivity (Wildman–Crippen MR) is 31.2 cm³/mol. The van der Waals surface area contributed by atoms with Crippen LogP contribution in [0.4, 0.5) is 0 Å². The number of carboxylic acid groups (broad SMARTS) is 1. The van der Waals surface area contributed by atoms with Gasteiger partial charge >= 0.3 is 5.97 Å². The third kappa shape index (κ3) is 1.42. The van der Waals surface area contributed by atoms with Crippen LogP contribution in [0.3, 0.4) is 0 Å². The third-order valence-electron chi connectivity index (χ3n) is 1.47. The topological polar surface area (TPSA) is 46.5 Å². The maximum atomic E-state index is 10.2. The molecule has 0 bridgehead atoms. The van der Waals surface area contributed by atoms with Gasteiger partial charge in [-0.15, -0.1) is 0 Å². The molecule has 0 aliphatic carbocycles. The highest BCUT2D eigenvalue weighted by molar-refractivity contribution is 5.72. The minimum absolute atomic E-state index is 0.408. The molecular weight excluding hydrogens is 120 g/mol. The molecule has 0 aromatic carbocycles. The first-order valence-corrected chi connectivity index (χ1v) is 3.04. The van der Waals surface area contributed by atoms with Crippen LogP contribution < -0.4 is 0 Å². The van der Waals surface area contributed by atoms with Gasteiger partial charge in [-0.05, 0) is 12.3 Å². The Balaban J connectivity index is 2.39. The van der Waals surface area contributed by atoms with Gasteiger partial charge < -0.3 is 9.84 Å². The maximum absolute atomic E-state index is 10.2. The van der Waals surface area contributed by atoms with Crippen molar-refractivity contribution in [3.05, 3.63) is 0 Å². The van der Waals surface area contributed by atoms with Crippen LogP contribution in [0.25, 0.3) is 0 Å². The minimum Gasteiger partial charge on any atom is -0.479 e. The summed E-state index contributed by atoms with van der Waals surface area (Å²) in [7, 11) is 0. The second-order valence-corrected chi connectivity index (χ2v) is 2.50. The molecule has 1 heterocycles. The molecule has 2 atom stereocenters. The molecule has 1 N–H and O–H groups in total. The average molecular weight is 130 g/mol. The summed E-state index contributed by atoms with van der Waals surface area (Å²) < 4.78 is 4.93. The van der Waals surface area contributed by atoms with Crippen molar-refractivity contribution in [1.29, 1.82) is 0 Å². The van der Waals surface area contributed by atoms with Gasteiger partial charge in [0.2, 0.25) is 0 Å². The lowest BCUT2D eigenvalue weighted by Crippen LogP contribution is -2.17. The first kappa shape index (κ1) is 6.55. The normalized spacial score (nSPS) is 34.8. The molecule has 1 fully saturated rings. The summed E-state index contributed by atoms with van der Waals surface area (Å²) in [5, 5.41) is 8.41. The zero-order valence-electron chi connectivity index (χ0n) is 5.33. The smallest absolute Gasteiger partial charge is 0.332 e. The first-order valence-electron chi connectivity index (χ1n) is 3.04. The molecule has 0 unspecified atom stereocenters. The SMILES string of the molecule is C[C@H]1CO[C@@H](C(=O)O)C1. The number of carboxylic acids is 1. The molecule has 3 nitrogen and oxygen atoms in total. The van der Waals surface area contributed by atoms with E-state index in [4.69, 9.17) is 9.84 Å². The van der Waals surface area contributed by atoms with E-state index < -0.39 is 12.1 Å². The summed E-state index contributed by atoms with van der Waals surface area (Å²) in [6.07, 6.45) is 0.120. The van der Waals surface area contributed by atoms with Gasteiger partial charge in [0, 0.05) is 0 Å². The average Bonchev–Trinajstić information content (AvgIpc) is 2.14. The minimum atomic E-state index is -0.834. The number of hydrogen-bond donors (Lipinski definition) is 1. The quantitative estimate of drug-likeness (QED) is 0.562. The molecule has 1 saturated heterocycles. The largest absolute Gasteiger partial charge is 0.479 e. The van der Waals surface area contributed by atoms with Gasteiger partial charge in [0.25, 0.3) is 0 Å². The Kier molecular flexibility index (Phi) is 1.71. The number of rotatable bonds is 1. The van der Waals surface area contributed by atoms with Crippen molar-refractivity contribution in [1.82, 2.24) is 0 Å². The summed E-state index contributed by atoms with van der Waals surface area (Å²) >= 11 is 0. The summed E-state index contributed by atoms with van der Waals surface area (Å²) in [5.74, 6) is -0.426. The van der Waals surface area contributed by atoms with Crippen molar-refractivity contribution in [2.24, 2.45) is 5.92 Å². The van der Waals surface area contributed by atoms with Crippen molar-refractivity contribution in [3.63, 3.8) is 0 Å². The van der Waals surface area contributed by atoms with Crippen LogP contribution in [0.15, 0.2) is 0 Å². The van der Waals surface area contributed by atoms with Crippen LogP contribution >= 0.6 is 0 Å². The molecule has 52 valence electrons. The van der Waals surface area contributed by atoms with Crippen molar-refractivity contribution in [2.45, 2.75) is 19.4 Å². The second kappa shape index (κ2) is 2.35. The highest BCUT2D eigenvalue weighted by atomic mass is 16.5. The first-order chi connectivity index (χ1) is 4.20. The lowest BCUT2D eigenvalue weighted by Gasteiger charge is -1.99. The molecule has 0 spiro atoms. The van der Waals surface area contributed by atoms with Gasteiger partial charge in [-0.2, -0.15) is 0 Å². The fraction of sp³-hybridized carbons (Fsp3) is 0.833.